The Hall–Kier alpha value is -2.30. The number of thiazole rings is 1. The molecule has 2 aromatic rings. The van der Waals surface area contributed by atoms with E-state index in [0.29, 0.717) is 19.6 Å². The third-order valence-corrected chi connectivity index (χ3v) is 8.60. The monoisotopic (exact) mass is 546 g/mol. The number of fused-ring (bicyclic) bond motifs is 2. The predicted octanol–water partition coefficient (Wildman–Crippen LogP) is 6.12. The summed E-state index contributed by atoms with van der Waals surface area (Å²) in [6.45, 7) is 10.4. The molecule has 3 N–H and O–H groups in total. The minimum absolute atomic E-state index is 0.206. The first-order valence-electron chi connectivity index (χ1n) is 13.0. The van der Waals surface area contributed by atoms with Gasteiger partial charge in [0.05, 0.1) is 6.20 Å². The highest BCUT2D eigenvalue weighted by atomic mass is 32.2. The highest BCUT2D eigenvalue weighted by molar-refractivity contribution is 7.99. The lowest BCUT2D eigenvalue weighted by Gasteiger charge is -2.23. The molecule has 1 aromatic heterocycles. The maximum atomic E-state index is 12.8. The smallest absolute Gasteiger partial charge is 0.407 e. The van der Waals surface area contributed by atoms with Gasteiger partial charge < -0.3 is 20.1 Å². The van der Waals surface area contributed by atoms with E-state index in [0.717, 1.165) is 53.4 Å². The molecule has 0 radical (unpaired) electrons. The molecule has 1 heterocycles. The van der Waals surface area contributed by atoms with Crippen LogP contribution < -0.4 is 15.4 Å². The van der Waals surface area contributed by atoms with Crippen LogP contribution >= 0.6 is 23.3 Å². The number of hydrogen-bond donors (Lipinski definition) is 3. The van der Waals surface area contributed by atoms with E-state index < -0.39 is 17.3 Å². The first-order valence-corrected chi connectivity index (χ1v) is 14.6. The van der Waals surface area contributed by atoms with Gasteiger partial charge in [-0.15, -0.1) is 11.3 Å². The Morgan fingerprint density at radius 1 is 1.05 bits per heavy atom. The van der Waals surface area contributed by atoms with E-state index in [4.69, 9.17) is 9.47 Å². The number of aryl methyl sites for hydroxylation is 2. The third kappa shape index (κ3) is 7.39. The number of hydrogen-bond acceptors (Lipinski definition) is 7. The molecule has 2 aliphatic rings. The van der Waals surface area contributed by atoms with Crippen molar-refractivity contribution in [1.82, 2.24) is 15.0 Å². The minimum Gasteiger partial charge on any atom is -0.444 e. The highest BCUT2D eigenvalue weighted by Gasteiger charge is 2.27. The predicted molar refractivity (Wildman–Crippen MR) is 148 cm³/mol. The topological polar surface area (TPSA) is 102 Å². The van der Waals surface area contributed by atoms with Crippen molar-refractivity contribution >= 4 is 41.1 Å². The van der Waals surface area contributed by atoms with E-state index in [2.05, 4.69) is 26.4 Å². The molecule has 10 heteroatoms. The molecule has 0 unspecified atom stereocenters. The number of aromatic nitrogens is 1. The minimum atomic E-state index is -0.581. The first-order chi connectivity index (χ1) is 17.5. The van der Waals surface area contributed by atoms with E-state index in [1.54, 1.807) is 6.20 Å². The van der Waals surface area contributed by atoms with Crippen molar-refractivity contribution in [3.05, 3.63) is 39.5 Å². The van der Waals surface area contributed by atoms with Gasteiger partial charge in [0.2, 0.25) is 0 Å². The molecule has 0 saturated carbocycles. The van der Waals surface area contributed by atoms with Crippen LogP contribution in [0.2, 0.25) is 0 Å². The van der Waals surface area contributed by atoms with Crippen LogP contribution in [0.4, 0.5) is 15.3 Å². The normalized spacial score (nSPS) is 14.7. The zero-order valence-corrected chi connectivity index (χ0v) is 24.0. The van der Waals surface area contributed by atoms with Crippen LogP contribution in [0.1, 0.15) is 81.1 Å². The zero-order valence-electron chi connectivity index (χ0n) is 22.4. The van der Waals surface area contributed by atoms with Crippen molar-refractivity contribution < 1.29 is 19.1 Å². The summed E-state index contributed by atoms with van der Waals surface area (Å²) < 4.78 is 15.1. The zero-order chi connectivity index (χ0) is 26.6. The summed E-state index contributed by atoms with van der Waals surface area (Å²) in [6.07, 6.45) is 8.60. The number of amides is 3. The summed E-state index contributed by atoms with van der Waals surface area (Å²) in [4.78, 5) is 29.1. The fourth-order valence-electron chi connectivity index (χ4n) is 4.75. The number of rotatable bonds is 9. The van der Waals surface area contributed by atoms with Crippen molar-refractivity contribution in [3.8, 4) is 0 Å². The van der Waals surface area contributed by atoms with Crippen LogP contribution in [0.25, 0.3) is 0 Å². The number of alkyl carbamates (subject to hydrolysis) is 1. The van der Waals surface area contributed by atoms with E-state index in [-0.39, 0.29) is 6.03 Å². The van der Waals surface area contributed by atoms with E-state index in [1.165, 1.54) is 45.5 Å². The largest absolute Gasteiger partial charge is 0.444 e. The van der Waals surface area contributed by atoms with Gasteiger partial charge in [-0.25, -0.2) is 14.6 Å². The molecule has 4 rings (SSSR count). The average Bonchev–Trinajstić information content (AvgIpc) is 3.56. The maximum absolute atomic E-state index is 12.8. The van der Waals surface area contributed by atoms with Gasteiger partial charge in [-0.1, -0.05) is 6.07 Å². The number of benzene rings is 1. The maximum Gasteiger partial charge on any atom is 0.407 e. The summed E-state index contributed by atoms with van der Waals surface area (Å²) in [6, 6.07) is 2.16. The van der Waals surface area contributed by atoms with Gasteiger partial charge >= 0.3 is 12.1 Å². The van der Waals surface area contributed by atoms with Crippen LogP contribution in [-0.4, -0.2) is 35.9 Å². The fourth-order valence-corrected chi connectivity index (χ4v) is 6.34. The Kier molecular flexibility index (Phi) is 8.70. The van der Waals surface area contributed by atoms with Gasteiger partial charge in [0.15, 0.2) is 0 Å². The molecular formula is C27H38N4O4S2. The second-order valence-corrected chi connectivity index (χ2v) is 13.2. The van der Waals surface area contributed by atoms with Gasteiger partial charge in [-0.2, -0.15) is 0 Å². The van der Waals surface area contributed by atoms with Gasteiger partial charge in [0, 0.05) is 30.8 Å². The molecule has 2 aliphatic carbocycles. The second-order valence-electron chi connectivity index (χ2n) is 11.0. The van der Waals surface area contributed by atoms with Gasteiger partial charge in [0.25, 0.3) is 0 Å². The molecule has 0 atom stereocenters. The molecule has 0 spiro atoms. The Morgan fingerprint density at radius 3 is 2.38 bits per heavy atom. The van der Waals surface area contributed by atoms with Crippen LogP contribution in [0.3, 0.4) is 0 Å². The van der Waals surface area contributed by atoms with E-state index in [1.807, 2.05) is 34.6 Å². The summed E-state index contributed by atoms with van der Waals surface area (Å²) in [7, 11) is 0. The molecule has 0 aliphatic heterocycles. The van der Waals surface area contributed by atoms with Gasteiger partial charge in [0.1, 0.15) is 20.4 Å². The molecular weight excluding hydrogens is 508 g/mol. The van der Waals surface area contributed by atoms with Crippen molar-refractivity contribution in [2.45, 2.75) is 95.0 Å². The lowest BCUT2D eigenvalue weighted by molar-refractivity contribution is -0.0228. The lowest BCUT2D eigenvalue weighted by Crippen LogP contribution is -2.33. The highest BCUT2D eigenvalue weighted by Crippen LogP contribution is 2.39. The van der Waals surface area contributed by atoms with E-state index >= 15 is 0 Å². The summed E-state index contributed by atoms with van der Waals surface area (Å²) >= 11 is 2.77. The molecule has 0 fully saturated rings. The Labute approximate surface area is 227 Å². The number of ether oxygens (including phenoxy) is 2. The second kappa shape index (κ2) is 11.6. The van der Waals surface area contributed by atoms with Crippen molar-refractivity contribution in [2.75, 3.05) is 18.5 Å². The molecule has 0 bridgehead atoms. The number of nitrogens with zero attached hydrogens (tertiary/aromatic N) is 1. The molecule has 37 heavy (non-hydrogen) atoms. The Balaban J connectivity index is 1.23. The standard InChI is InChI=1S/C27H38N4O4S2/c1-26(2,3)35-25(33)28-13-8-14-34-27(4,5)23-29-16-21(36-23)37-31-24(32)30-22-19-11-6-9-17(19)15-18-10-7-12-20(18)22/h15-16H,6-14H2,1-5H3,(H,28,33)(H2,30,31,32). The Morgan fingerprint density at radius 2 is 1.73 bits per heavy atom. The molecule has 1 aromatic carbocycles. The van der Waals surface area contributed by atoms with Gasteiger partial charge in [-0.05, 0) is 102 Å². The lowest BCUT2D eigenvalue weighted by atomic mass is 9.99. The molecule has 202 valence electrons. The number of carbonyl (C=O) groups is 2. The van der Waals surface area contributed by atoms with Crippen LogP contribution in [0.5, 0.6) is 0 Å². The number of urea groups is 1. The average molecular weight is 547 g/mol. The van der Waals surface area contributed by atoms with Crippen LogP contribution in [0.15, 0.2) is 16.5 Å². The van der Waals surface area contributed by atoms with Crippen molar-refractivity contribution in [2.24, 2.45) is 0 Å². The molecule has 0 saturated heterocycles. The summed E-state index contributed by atoms with van der Waals surface area (Å²) in [5.74, 6) is 0. The SMILES string of the molecule is CC(C)(C)OC(=O)NCCCOC(C)(C)c1ncc(SNC(=O)Nc2c3c(cc4c2CCC4)CCC3)s1. The molecule has 8 nitrogen and oxygen atoms in total. The number of nitrogens with one attached hydrogen (secondary N) is 3. The van der Waals surface area contributed by atoms with Crippen molar-refractivity contribution in [1.29, 1.82) is 0 Å². The summed E-state index contributed by atoms with van der Waals surface area (Å²) in [5.41, 5.74) is 5.39. The summed E-state index contributed by atoms with van der Waals surface area (Å²) in [5, 5.41) is 6.73. The first kappa shape index (κ1) is 27.7. The fraction of sp³-hybridized carbons (Fsp3) is 0.593. The number of carbonyl (C=O) groups excluding carboxylic acids is 2. The van der Waals surface area contributed by atoms with Crippen molar-refractivity contribution in [3.63, 3.8) is 0 Å². The Bertz CT molecular complexity index is 1110. The number of anilines is 1. The van der Waals surface area contributed by atoms with Crippen LogP contribution in [-0.2, 0) is 40.8 Å². The van der Waals surface area contributed by atoms with E-state index in [9.17, 15) is 9.59 Å². The quantitative estimate of drug-likeness (QED) is 0.259. The third-order valence-electron chi connectivity index (χ3n) is 6.41. The van der Waals surface area contributed by atoms with Gasteiger partial charge in [-0.3, -0.25) is 4.72 Å². The molecule has 3 amide bonds. The van der Waals surface area contributed by atoms with Crippen LogP contribution in [0, 0.1) is 0 Å².